The van der Waals surface area contributed by atoms with Crippen molar-refractivity contribution < 1.29 is 42.8 Å². The summed E-state index contributed by atoms with van der Waals surface area (Å²) in [5, 5.41) is 15.7. The van der Waals surface area contributed by atoms with E-state index in [4.69, 9.17) is 29.4 Å². The first kappa shape index (κ1) is 50.1. The summed E-state index contributed by atoms with van der Waals surface area (Å²) in [7, 11) is 4.83. The molecule has 5 rings (SSSR count). The van der Waals surface area contributed by atoms with Crippen molar-refractivity contribution in [2.45, 2.75) is 56.4 Å². The Balaban J connectivity index is 0.000000774. The fourth-order valence-corrected chi connectivity index (χ4v) is 4.25. The van der Waals surface area contributed by atoms with Crippen molar-refractivity contribution in [1.29, 1.82) is 0 Å². The van der Waals surface area contributed by atoms with Gasteiger partial charge < -0.3 is 34.2 Å². The third-order valence-electron chi connectivity index (χ3n) is 6.92. The van der Waals surface area contributed by atoms with Gasteiger partial charge in [-0.25, -0.2) is 23.7 Å². The van der Waals surface area contributed by atoms with Crippen molar-refractivity contribution in [2.24, 2.45) is 0 Å². The van der Waals surface area contributed by atoms with Crippen LogP contribution in [-0.4, -0.2) is 89.0 Å². The van der Waals surface area contributed by atoms with Gasteiger partial charge in [0.05, 0.1) is 63.9 Å². The Hall–Kier alpha value is -6.89. The molecule has 2 N–H and O–H groups in total. The Morgan fingerprint density at radius 3 is 1.49 bits per heavy atom. The summed E-state index contributed by atoms with van der Waals surface area (Å²) in [6, 6.07) is 21.8. The lowest BCUT2D eigenvalue weighted by Crippen LogP contribution is -2.13. The van der Waals surface area contributed by atoms with Crippen molar-refractivity contribution in [3.05, 3.63) is 95.6 Å². The minimum Gasteiger partial charge on any atom is -0.497 e. The summed E-state index contributed by atoms with van der Waals surface area (Å²) in [5.74, 6) is 5.65. The summed E-state index contributed by atoms with van der Waals surface area (Å²) in [6.07, 6.45) is 0. The highest BCUT2D eigenvalue weighted by Crippen LogP contribution is 2.19. The van der Waals surface area contributed by atoms with E-state index in [-0.39, 0.29) is 20.5 Å². The van der Waals surface area contributed by atoms with Crippen molar-refractivity contribution in [3.63, 3.8) is 0 Å². The highest BCUT2D eigenvalue weighted by atomic mass is 16.5. The van der Waals surface area contributed by atoms with Crippen molar-refractivity contribution in [1.82, 2.24) is 30.0 Å². The largest absolute Gasteiger partial charge is 0.497 e. The van der Waals surface area contributed by atoms with E-state index in [1.165, 1.54) is 4.68 Å². The van der Waals surface area contributed by atoms with Crippen LogP contribution in [0.1, 0.15) is 74.9 Å². The number of hydrogen-bond donors (Lipinski definition) is 1. The number of methoxy groups -OCH3 is 3. The number of aromatic nitrogens is 6. The lowest BCUT2D eigenvalue weighted by molar-refractivity contribution is -0.136. The molecule has 16 nitrogen and oxygen atoms in total. The molecular formula is C41H55N7O9. The molecule has 0 saturated heterocycles. The number of nitrogens with two attached hydrogens (primary N) is 1. The van der Waals surface area contributed by atoms with Crippen LogP contribution >= 0.6 is 0 Å². The van der Waals surface area contributed by atoms with E-state index in [2.05, 4.69) is 37.2 Å². The van der Waals surface area contributed by atoms with Crippen LogP contribution in [0.5, 0.6) is 17.2 Å². The molecule has 0 radical (unpaired) electrons. The number of esters is 3. The number of hydrogen-bond acceptors (Lipinski definition) is 14. The van der Waals surface area contributed by atoms with E-state index in [1.807, 2.05) is 36.4 Å². The van der Waals surface area contributed by atoms with E-state index in [0.717, 1.165) is 34.3 Å². The van der Waals surface area contributed by atoms with Gasteiger partial charge in [-0.05, 0) is 114 Å². The van der Waals surface area contributed by atoms with Crippen LogP contribution in [0.15, 0.2) is 72.8 Å². The zero-order valence-electron chi connectivity index (χ0n) is 32.5. The van der Waals surface area contributed by atoms with E-state index in [0.29, 0.717) is 36.9 Å². The van der Waals surface area contributed by atoms with Crippen LogP contribution in [0.3, 0.4) is 0 Å². The molecule has 308 valence electrons. The average molecular weight is 790 g/mol. The Bertz CT molecular complexity index is 2000. The zero-order valence-corrected chi connectivity index (χ0v) is 32.5. The number of benzene rings is 3. The Morgan fingerprint density at radius 2 is 1.05 bits per heavy atom. The summed E-state index contributed by atoms with van der Waals surface area (Å²) < 4.78 is 32.5. The maximum Gasteiger partial charge on any atom is 0.384 e. The normalized spacial score (nSPS) is 9.21. The average Bonchev–Trinajstić information content (AvgIpc) is 3.78. The quantitative estimate of drug-likeness (QED) is 0.0520. The number of carbonyl (C=O) groups is 3. The molecule has 0 bridgehead atoms. The van der Waals surface area contributed by atoms with Gasteiger partial charge in [0.2, 0.25) is 0 Å². The minimum atomic E-state index is -0.459. The molecule has 0 aliphatic rings. The third kappa shape index (κ3) is 15.8. The molecule has 5 aromatic rings. The maximum absolute atomic E-state index is 11.9. The fraction of sp³-hybridized carbons (Fsp3) is 0.341. The van der Waals surface area contributed by atoms with Crippen LogP contribution in [-0.2, 0) is 19.0 Å². The minimum absolute atomic E-state index is 0. The number of anilines is 1. The van der Waals surface area contributed by atoms with Crippen LogP contribution in [0.2, 0.25) is 0 Å². The number of ether oxygens (including phenoxy) is 6. The highest BCUT2D eigenvalue weighted by molar-refractivity contribution is 5.89. The SMILES string of the molecule is C.C.CC#CC(=O)OCC.CCOC(=O)c1c(C)nnn1-c1ccc(OC)cc1.CCOC(=O)c1nnn(-c2ccc(OC)cc2)c1C.COc1ccc(N)cc1. The molecule has 57 heavy (non-hydrogen) atoms. The van der Waals surface area contributed by atoms with Gasteiger partial charge >= 0.3 is 17.9 Å². The molecular weight excluding hydrogens is 734 g/mol. The number of rotatable bonds is 10. The molecule has 2 aromatic heterocycles. The highest BCUT2D eigenvalue weighted by Gasteiger charge is 2.20. The summed E-state index contributed by atoms with van der Waals surface area (Å²) >= 11 is 0. The lowest BCUT2D eigenvalue weighted by atomic mass is 10.2. The first-order chi connectivity index (χ1) is 26.5. The molecule has 3 aromatic carbocycles. The van der Waals surface area contributed by atoms with Crippen LogP contribution < -0.4 is 19.9 Å². The van der Waals surface area contributed by atoms with Gasteiger partial charge in [-0.2, -0.15) is 0 Å². The molecule has 2 heterocycles. The molecule has 0 saturated carbocycles. The standard InChI is InChI=1S/2C13H15N3O3.C7H9NO.C6H8O2.2CH4/c1-4-19-13(17)12-9(2)16(15-14-12)10-5-7-11(18-3)8-6-10;1-4-19-13(17)12-9(2)14-15-16(12)10-5-7-11(18-3)8-6-10;1-9-7-4-2-6(8)3-5-7;1-3-5-6(7)8-4-2;;/h2*5-8H,4H2,1-3H3;2-5H,8H2,1H3;4H2,1-2H3;2*1H4. The zero-order chi connectivity index (χ0) is 40.8. The van der Waals surface area contributed by atoms with Crippen LogP contribution in [0.4, 0.5) is 5.69 Å². The third-order valence-corrected chi connectivity index (χ3v) is 6.92. The summed E-state index contributed by atoms with van der Waals surface area (Å²) in [4.78, 5) is 33.8. The predicted octanol–water partition coefficient (Wildman–Crippen LogP) is 6.64. The Labute approximate surface area is 335 Å². The maximum atomic E-state index is 11.9. The molecule has 0 aliphatic carbocycles. The second-order valence-electron chi connectivity index (χ2n) is 10.6. The lowest BCUT2D eigenvalue weighted by Gasteiger charge is -2.07. The van der Waals surface area contributed by atoms with Gasteiger partial charge in [-0.1, -0.05) is 31.2 Å². The number of nitrogens with zero attached hydrogens (tertiary/aromatic N) is 6. The monoisotopic (exact) mass is 789 g/mol. The Kier molecular flexibility index (Phi) is 23.6. The number of aryl methyl sites for hydroxylation is 1. The number of nitrogen functional groups attached to an aromatic ring is 1. The first-order valence-corrected chi connectivity index (χ1v) is 16.9. The fourth-order valence-electron chi connectivity index (χ4n) is 4.25. The van der Waals surface area contributed by atoms with E-state index in [9.17, 15) is 14.4 Å². The molecule has 0 amide bonds. The molecule has 0 unspecified atom stereocenters. The van der Waals surface area contributed by atoms with E-state index in [1.54, 1.807) is 104 Å². The van der Waals surface area contributed by atoms with Gasteiger partial charge in [0, 0.05) is 11.6 Å². The molecule has 0 aliphatic heterocycles. The van der Waals surface area contributed by atoms with Gasteiger partial charge in [-0.15, -0.1) is 10.2 Å². The molecule has 16 heteroatoms. The smallest absolute Gasteiger partial charge is 0.384 e. The molecule has 0 spiro atoms. The van der Waals surface area contributed by atoms with Crippen molar-refractivity contribution in [3.8, 4) is 40.5 Å². The van der Waals surface area contributed by atoms with Gasteiger partial charge in [-0.3, -0.25) is 0 Å². The van der Waals surface area contributed by atoms with Crippen molar-refractivity contribution in [2.75, 3.05) is 46.9 Å². The number of carbonyl (C=O) groups excluding carboxylic acids is 3. The van der Waals surface area contributed by atoms with E-state index >= 15 is 0 Å². The molecule has 0 fully saturated rings. The van der Waals surface area contributed by atoms with Gasteiger partial charge in [0.1, 0.15) is 17.2 Å². The van der Waals surface area contributed by atoms with Crippen LogP contribution in [0.25, 0.3) is 11.4 Å². The van der Waals surface area contributed by atoms with E-state index < -0.39 is 17.9 Å². The molecule has 0 atom stereocenters. The second-order valence-corrected chi connectivity index (χ2v) is 10.6. The first-order valence-electron chi connectivity index (χ1n) is 16.9. The van der Waals surface area contributed by atoms with Crippen LogP contribution in [0, 0.1) is 25.7 Å². The summed E-state index contributed by atoms with van der Waals surface area (Å²) in [5.41, 5.74) is 9.47. The van der Waals surface area contributed by atoms with Gasteiger partial charge in [0.25, 0.3) is 0 Å². The second kappa shape index (κ2) is 26.8. The topological polar surface area (TPSA) is 194 Å². The predicted molar refractivity (Wildman–Crippen MR) is 218 cm³/mol. The van der Waals surface area contributed by atoms with Gasteiger partial charge in [0.15, 0.2) is 11.4 Å². The Morgan fingerprint density at radius 1 is 0.632 bits per heavy atom. The van der Waals surface area contributed by atoms with Crippen molar-refractivity contribution >= 4 is 23.6 Å². The summed E-state index contributed by atoms with van der Waals surface area (Å²) in [6.45, 7) is 11.4.